The molecule has 6 heteroatoms. The molecule has 0 aliphatic carbocycles. The third kappa shape index (κ3) is 4.95. The molecule has 0 atom stereocenters. The van der Waals surface area contributed by atoms with Gasteiger partial charge in [-0.25, -0.2) is 4.79 Å². The molecule has 0 saturated carbocycles. The van der Waals surface area contributed by atoms with Crippen LogP contribution in [0.4, 0.5) is 10.5 Å². The second kappa shape index (κ2) is 7.96. The monoisotopic (exact) mass is 424 g/mol. The topological polar surface area (TPSA) is 67.4 Å². The van der Waals surface area contributed by atoms with E-state index < -0.39 is 11.9 Å². The van der Waals surface area contributed by atoms with Gasteiger partial charge in [-0.1, -0.05) is 24.3 Å². The Bertz CT molecular complexity index is 732. The lowest BCUT2D eigenvalue weighted by Crippen LogP contribution is -2.37. The van der Waals surface area contributed by atoms with E-state index in [4.69, 9.17) is 4.74 Å². The van der Waals surface area contributed by atoms with Crippen molar-refractivity contribution < 1.29 is 14.3 Å². The number of anilines is 1. The third-order valence-electron chi connectivity index (χ3n) is 3.30. The minimum absolute atomic E-state index is 0.222. The minimum atomic E-state index is -0.574. The van der Waals surface area contributed by atoms with Crippen molar-refractivity contribution in [2.24, 2.45) is 0 Å². The summed E-state index contributed by atoms with van der Waals surface area (Å²) in [6, 6.07) is 12.4. The Labute approximate surface area is 148 Å². The Morgan fingerprint density at radius 3 is 2.57 bits per heavy atom. The number of halogens is 1. The average Bonchev–Trinajstić information content (AvgIpc) is 2.51. The van der Waals surface area contributed by atoms with Gasteiger partial charge in [-0.15, -0.1) is 0 Å². The molecule has 0 spiro atoms. The van der Waals surface area contributed by atoms with E-state index in [0.717, 1.165) is 14.7 Å². The predicted molar refractivity (Wildman–Crippen MR) is 97.7 cm³/mol. The first-order valence-electron chi connectivity index (χ1n) is 7.01. The van der Waals surface area contributed by atoms with Crippen molar-refractivity contribution in [3.63, 3.8) is 0 Å². The molecule has 2 rings (SSSR count). The summed E-state index contributed by atoms with van der Waals surface area (Å²) in [4.78, 5) is 23.6. The van der Waals surface area contributed by atoms with Crippen LogP contribution in [0, 0.1) is 17.4 Å². The summed E-state index contributed by atoms with van der Waals surface area (Å²) in [6.07, 6.45) is 0. The molecule has 0 aliphatic rings. The summed E-state index contributed by atoms with van der Waals surface area (Å²) >= 11 is 2.12. The summed E-state index contributed by atoms with van der Waals surface area (Å²) < 4.78 is 6.29. The second-order valence-electron chi connectivity index (χ2n) is 4.97. The van der Waals surface area contributed by atoms with Crippen LogP contribution >= 0.6 is 22.6 Å². The van der Waals surface area contributed by atoms with E-state index in [1.807, 2.05) is 44.2 Å². The minimum Gasteiger partial charge on any atom is -0.483 e. The van der Waals surface area contributed by atoms with Gasteiger partial charge in [0.1, 0.15) is 5.75 Å². The number of aryl methyl sites for hydroxylation is 1. The standard InChI is InChI=1S/C17H17IN2O3/c1-11-6-5-8-14(12(11)2)19-17(22)20-16(21)10-23-15-9-4-3-7-13(15)18/h3-9H,10H2,1-2H3,(H2,19,20,21,22). The van der Waals surface area contributed by atoms with Crippen LogP contribution in [-0.4, -0.2) is 18.5 Å². The van der Waals surface area contributed by atoms with Crippen molar-refractivity contribution in [2.45, 2.75) is 13.8 Å². The van der Waals surface area contributed by atoms with Crippen LogP contribution in [0.25, 0.3) is 0 Å². The highest BCUT2D eigenvalue weighted by Gasteiger charge is 2.11. The number of urea groups is 1. The lowest BCUT2D eigenvalue weighted by molar-refractivity contribution is -0.121. The highest BCUT2D eigenvalue weighted by molar-refractivity contribution is 14.1. The van der Waals surface area contributed by atoms with Crippen molar-refractivity contribution in [1.82, 2.24) is 5.32 Å². The van der Waals surface area contributed by atoms with Gasteiger partial charge < -0.3 is 10.1 Å². The fourth-order valence-electron chi connectivity index (χ4n) is 1.91. The summed E-state index contributed by atoms with van der Waals surface area (Å²) in [5.74, 6) is 0.102. The summed E-state index contributed by atoms with van der Waals surface area (Å²) in [5, 5.41) is 4.91. The van der Waals surface area contributed by atoms with Crippen molar-refractivity contribution in [3.05, 3.63) is 57.2 Å². The van der Waals surface area contributed by atoms with Gasteiger partial charge in [0.05, 0.1) is 3.57 Å². The molecule has 0 radical (unpaired) electrons. The molecule has 3 amide bonds. The number of imide groups is 1. The van der Waals surface area contributed by atoms with Crippen LogP contribution in [0.5, 0.6) is 5.75 Å². The molecule has 0 bridgehead atoms. The van der Waals surface area contributed by atoms with Crippen molar-refractivity contribution >= 4 is 40.2 Å². The number of ether oxygens (including phenoxy) is 1. The Balaban J connectivity index is 1.86. The molecule has 2 aromatic carbocycles. The van der Waals surface area contributed by atoms with Crippen LogP contribution in [0.2, 0.25) is 0 Å². The van der Waals surface area contributed by atoms with E-state index in [2.05, 4.69) is 33.2 Å². The normalized spacial score (nSPS) is 10.0. The predicted octanol–water partition coefficient (Wildman–Crippen LogP) is 3.64. The van der Waals surface area contributed by atoms with Gasteiger partial charge in [-0.2, -0.15) is 0 Å². The molecule has 120 valence electrons. The van der Waals surface area contributed by atoms with Crippen LogP contribution in [-0.2, 0) is 4.79 Å². The van der Waals surface area contributed by atoms with Crippen LogP contribution in [0.15, 0.2) is 42.5 Å². The van der Waals surface area contributed by atoms with E-state index in [9.17, 15) is 9.59 Å². The number of benzene rings is 2. The maximum atomic E-state index is 11.9. The zero-order valence-electron chi connectivity index (χ0n) is 12.9. The Morgan fingerprint density at radius 1 is 1.09 bits per heavy atom. The lowest BCUT2D eigenvalue weighted by Gasteiger charge is -2.11. The van der Waals surface area contributed by atoms with E-state index >= 15 is 0 Å². The number of nitrogens with one attached hydrogen (secondary N) is 2. The fourth-order valence-corrected chi connectivity index (χ4v) is 2.45. The zero-order chi connectivity index (χ0) is 16.8. The Hall–Kier alpha value is -2.09. The maximum absolute atomic E-state index is 11.9. The molecule has 0 heterocycles. The molecule has 0 aliphatic heterocycles. The van der Waals surface area contributed by atoms with E-state index in [0.29, 0.717) is 11.4 Å². The average molecular weight is 424 g/mol. The van der Waals surface area contributed by atoms with Gasteiger partial charge in [0.25, 0.3) is 5.91 Å². The second-order valence-corrected chi connectivity index (χ2v) is 6.13. The molecule has 0 aromatic heterocycles. The SMILES string of the molecule is Cc1cccc(NC(=O)NC(=O)COc2ccccc2I)c1C. The van der Waals surface area contributed by atoms with Gasteiger partial charge in [-0.3, -0.25) is 10.1 Å². The molecular weight excluding hydrogens is 407 g/mol. The maximum Gasteiger partial charge on any atom is 0.325 e. The van der Waals surface area contributed by atoms with Crippen LogP contribution in [0.3, 0.4) is 0 Å². The molecule has 0 fully saturated rings. The first-order valence-corrected chi connectivity index (χ1v) is 8.09. The van der Waals surface area contributed by atoms with E-state index in [1.165, 1.54) is 0 Å². The number of carbonyl (C=O) groups excluding carboxylic acids is 2. The molecule has 5 nitrogen and oxygen atoms in total. The Kier molecular flexibility index (Phi) is 5.97. The molecular formula is C17H17IN2O3. The van der Waals surface area contributed by atoms with Gasteiger partial charge in [0.2, 0.25) is 0 Å². The van der Waals surface area contributed by atoms with Gasteiger partial charge in [0.15, 0.2) is 6.61 Å². The molecule has 0 saturated heterocycles. The van der Waals surface area contributed by atoms with Crippen molar-refractivity contribution in [1.29, 1.82) is 0 Å². The van der Waals surface area contributed by atoms with E-state index in [-0.39, 0.29) is 6.61 Å². The first kappa shape index (κ1) is 17.3. The summed E-state index contributed by atoms with van der Waals surface area (Å²) in [7, 11) is 0. The number of hydrogen-bond acceptors (Lipinski definition) is 3. The Morgan fingerprint density at radius 2 is 1.83 bits per heavy atom. The largest absolute Gasteiger partial charge is 0.483 e. The van der Waals surface area contributed by atoms with Gasteiger partial charge in [-0.05, 0) is 65.8 Å². The molecule has 2 N–H and O–H groups in total. The molecule has 2 aromatic rings. The number of para-hydroxylation sites is 1. The summed E-state index contributed by atoms with van der Waals surface area (Å²) in [5.41, 5.74) is 2.70. The van der Waals surface area contributed by atoms with Crippen molar-refractivity contribution in [2.75, 3.05) is 11.9 Å². The van der Waals surface area contributed by atoms with Crippen LogP contribution in [0.1, 0.15) is 11.1 Å². The number of carbonyl (C=O) groups is 2. The number of hydrogen-bond donors (Lipinski definition) is 2. The fraction of sp³-hybridized carbons (Fsp3) is 0.176. The van der Waals surface area contributed by atoms with Crippen LogP contribution < -0.4 is 15.4 Å². The first-order chi connectivity index (χ1) is 11.0. The van der Waals surface area contributed by atoms with Gasteiger partial charge in [0, 0.05) is 5.69 Å². The summed E-state index contributed by atoms with van der Waals surface area (Å²) in [6.45, 7) is 3.65. The zero-order valence-corrected chi connectivity index (χ0v) is 15.0. The van der Waals surface area contributed by atoms with Crippen molar-refractivity contribution in [3.8, 4) is 5.75 Å². The highest BCUT2D eigenvalue weighted by Crippen LogP contribution is 2.19. The molecule has 0 unspecified atom stereocenters. The highest BCUT2D eigenvalue weighted by atomic mass is 127. The quantitative estimate of drug-likeness (QED) is 0.737. The number of amides is 3. The third-order valence-corrected chi connectivity index (χ3v) is 4.19. The van der Waals surface area contributed by atoms with Gasteiger partial charge >= 0.3 is 6.03 Å². The number of rotatable bonds is 4. The van der Waals surface area contributed by atoms with E-state index in [1.54, 1.807) is 12.1 Å². The molecule has 23 heavy (non-hydrogen) atoms. The smallest absolute Gasteiger partial charge is 0.325 e. The lowest BCUT2D eigenvalue weighted by atomic mass is 10.1.